The highest BCUT2D eigenvalue weighted by Gasteiger charge is 2.28. The topological polar surface area (TPSA) is 52.3 Å². The molecule has 3 heteroatoms. The van der Waals surface area contributed by atoms with Crippen LogP contribution in [0.5, 0.6) is 0 Å². The predicted octanol–water partition coefficient (Wildman–Crippen LogP) is 1.85. The van der Waals surface area contributed by atoms with Crippen molar-refractivity contribution in [2.24, 2.45) is 11.1 Å². The van der Waals surface area contributed by atoms with Gasteiger partial charge in [-0.15, -0.1) is 0 Å². The first-order valence-electron chi connectivity index (χ1n) is 5.43. The molecule has 82 valence electrons. The Hall–Kier alpha value is -0.570. The van der Waals surface area contributed by atoms with E-state index >= 15 is 0 Å². The van der Waals surface area contributed by atoms with Crippen molar-refractivity contribution >= 4 is 5.97 Å². The molecule has 3 nitrogen and oxygen atoms in total. The maximum Gasteiger partial charge on any atom is 0.307 e. The number of ether oxygens (including phenoxy) is 1. The molecular weight excluding hydrogens is 178 g/mol. The molecule has 1 fully saturated rings. The van der Waals surface area contributed by atoms with Gasteiger partial charge in [-0.3, -0.25) is 4.79 Å². The summed E-state index contributed by atoms with van der Waals surface area (Å²) in [6, 6.07) is 0. The maximum atomic E-state index is 11.2. The molecule has 1 saturated carbocycles. The van der Waals surface area contributed by atoms with Crippen LogP contribution in [0.2, 0.25) is 0 Å². The second-order valence-electron chi connectivity index (χ2n) is 4.89. The van der Waals surface area contributed by atoms with E-state index in [1.807, 2.05) is 0 Å². The minimum atomic E-state index is -0.141. The minimum absolute atomic E-state index is 0.141. The molecule has 14 heavy (non-hydrogen) atoms. The molecule has 0 unspecified atom stereocenters. The molecule has 0 aromatic carbocycles. The Bertz CT molecular complexity index is 191. The lowest BCUT2D eigenvalue weighted by molar-refractivity contribution is -0.151. The monoisotopic (exact) mass is 199 g/mol. The van der Waals surface area contributed by atoms with Gasteiger partial charge in [0.1, 0.15) is 6.10 Å². The Kier molecular flexibility index (Phi) is 3.93. The smallest absolute Gasteiger partial charge is 0.307 e. The van der Waals surface area contributed by atoms with Crippen molar-refractivity contribution in [3.63, 3.8) is 0 Å². The van der Waals surface area contributed by atoms with E-state index in [-0.39, 0.29) is 12.1 Å². The van der Waals surface area contributed by atoms with Gasteiger partial charge in [0.2, 0.25) is 0 Å². The summed E-state index contributed by atoms with van der Waals surface area (Å²) in [5, 5.41) is 0. The minimum Gasteiger partial charge on any atom is -0.462 e. The van der Waals surface area contributed by atoms with Gasteiger partial charge in [-0.05, 0) is 31.1 Å². The Labute approximate surface area is 86.0 Å². The van der Waals surface area contributed by atoms with Crippen molar-refractivity contribution in [1.29, 1.82) is 0 Å². The molecule has 1 aliphatic carbocycles. The number of hydrogen-bond acceptors (Lipinski definition) is 3. The second kappa shape index (κ2) is 4.78. The van der Waals surface area contributed by atoms with E-state index in [0.29, 0.717) is 18.4 Å². The molecule has 0 saturated heterocycles. The molecule has 0 heterocycles. The van der Waals surface area contributed by atoms with Crippen LogP contribution in [-0.2, 0) is 9.53 Å². The number of esters is 1. The van der Waals surface area contributed by atoms with Crippen LogP contribution < -0.4 is 5.73 Å². The summed E-state index contributed by atoms with van der Waals surface area (Å²) in [6.07, 6.45) is 4.79. The molecule has 0 aliphatic heterocycles. The molecular formula is C11H21NO2. The number of hydrogen-bond donors (Lipinski definition) is 1. The van der Waals surface area contributed by atoms with Crippen molar-refractivity contribution < 1.29 is 9.53 Å². The summed E-state index contributed by atoms with van der Waals surface area (Å²) in [6.45, 7) is 4.92. The van der Waals surface area contributed by atoms with E-state index in [2.05, 4.69) is 13.8 Å². The number of carbonyl (C=O) groups is 1. The molecule has 0 radical (unpaired) electrons. The van der Waals surface area contributed by atoms with Crippen LogP contribution in [0.25, 0.3) is 0 Å². The van der Waals surface area contributed by atoms with Crippen LogP contribution in [0.3, 0.4) is 0 Å². The van der Waals surface area contributed by atoms with Crippen LogP contribution >= 0.6 is 0 Å². The fourth-order valence-electron chi connectivity index (χ4n) is 1.85. The highest BCUT2D eigenvalue weighted by atomic mass is 16.5. The molecule has 1 rings (SSSR count). The molecule has 1 aliphatic rings. The first kappa shape index (κ1) is 11.5. The SMILES string of the molecule is CC1(C)CCC(OC(=O)CCN)CC1. The number of rotatable bonds is 3. The molecule has 0 aromatic rings. The normalized spacial score (nSPS) is 21.9. The average Bonchev–Trinajstić information content (AvgIpc) is 2.09. The zero-order chi connectivity index (χ0) is 10.6. The third kappa shape index (κ3) is 3.66. The second-order valence-corrected chi connectivity index (χ2v) is 4.89. The summed E-state index contributed by atoms with van der Waals surface area (Å²) < 4.78 is 5.31. The maximum absolute atomic E-state index is 11.2. The van der Waals surface area contributed by atoms with Gasteiger partial charge in [0.05, 0.1) is 6.42 Å². The van der Waals surface area contributed by atoms with Gasteiger partial charge in [-0.2, -0.15) is 0 Å². The van der Waals surface area contributed by atoms with Crippen molar-refractivity contribution in [3.05, 3.63) is 0 Å². The van der Waals surface area contributed by atoms with Gasteiger partial charge >= 0.3 is 5.97 Å². The van der Waals surface area contributed by atoms with Crippen LogP contribution in [0, 0.1) is 5.41 Å². The Morgan fingerprint density at radius 1 is 1.43 bits per heavy atom. The highest BCUT2D eigenvalue weighted by molar-refractivity contribution is 5.69. The van der Waals surface area contributed by atoms with Crippen molar-refractivity contribution in [3.8, 4) is 0 Å². The fourth-order valence-corrected chi connectivity index (χ4v) is 1.85. The van der Waals surface area contributed by atoms with Crippen molar-refractivity contribution in [1.82, 2.24) is 0 Å². The van der Waals surface area contributed by atoms with E-state index in [9.17, 15) is 4.79 Å². The zero-order valence-corrected chi connectivity index (χ0v) is 9.21. The Morgan fingerprint density at radius 3 is 2.50 bits per heavy atom. The lowest BCUT2D eigenvalue weighted by Crippen LogP contribution is -2.28. The largest absolute Gasteiger partial charge is 0.462 e. The highest BCUT2D eigenvalue weighted by Crippen LogP contribution is 2.36. The van der Waals surface area contributed by atoms with Crippen molar-refractivity contribution in [2.75, 3.05) is 6.54 Å². The fraction of sp³-hybridized carbons (Fsp3) is 0.909. The molecule has 0 amide bonds. The van der Waals surface area contributed by atoms with E-state index in [4.69, 9.17) is 10.5 Å². The molecule has 0 spiro atoms. The predicted molar refractivity (Wildman–Crippen MR) is 55.8 cm³/mol. The van der Waals surface area contributed by atoms with Gasteiger partial charge in [-0.1, -0.05) is 13.8 Å². The quantitative estimate of drug-likeness (QED) is 0.706. The number of nitrogens with two attached hydrogens (primary N) is 1. The molecule has 0 bridgehead atoms. The summed E-state index contributed by atoms with van der Waals surface area (Å²) in [7, 11) is 0. The van der Waals surface area contributed by atoms with Crippen LogP contribution in [-0.4, -0.2) is 18.6 Å². The zero-order valence-electron chi connectivity index (χ0n) is 9.21. The summed E-state index contributed by atoms with van der Waals surface area (Å²) in [5.41, 5.74) is 5.70. The number of carbonyl (C=O) groups excluding carboxylic acids is 1. The first-order chi connectivity index (χ1) is 6.53. The van der Waals surface area contributed by atoms with Gasteiger partial charge < -0.3 is 10.5 Å². The van der Waals surface area contributed by atoms with E-state index in [0.717, 1.165) is 25.7 Å². The lowest BCUT2D eigenvalue weighted by Gasteiger charge is -2.33. The molecule has 2 N–H and O–H groups in total. The van der Waals surface area contributed by atoms with E-state index < -0.39 is 0 Å². The van der Waals surface area contributed by atoms with Gasteiger partial charge in [-0.25, -0.2) is 0 Å². The van der Waals surface area contributed by atoms with Gasteiger partial charge in [0.15, 0.2) is 0 Å². The van der Waals surface area contributed by atoms with Crippen LogP contribution in [0.4, 0.5) is 0 Å². The van der Waals surface area contributed by atoms with E-state index in [1.54, 1.807) is 0 Å². The average molecular weight is 199 g/mol. The summed E-state index contributed by atoms with van der Waals surface area (Å²) in [5.74, 6) is -0.141. The Morgan fingerprint density at radius 2 is 2.00 bits per heavy atom. The van der Waals surface area contributed by atoms with E-state index in [1.165, 1.54) is 0 Å². The Balaban J connectivity index is 2.25. The third-order valence-corrected chi connectivity index (χ3v) is 2.93. The summed E-state index contributed by atoms with van der Waals surface area (Å²) >= 11 is 0. The third-order valence-electron chi connectivity index (χ3n) is 2.93. The first-order valence-corrected chi connectivity index (χ1v) is 5.43. The van der Waals surface area contributed by atoms with Crippen LogP contribution in [0.1, 0.15) is 46.0 Å². The lowest BCUT2D eigenvalue weighted by atomic mass is 9.76. The standard InChI is InChI=1S/C11H21NO2/c1-11(2)6-3-9(4-7-11)14-10(13)5-8-12/h9H,3-8,12H2,1-2H3. The summed E-state index contributed by atoms with van der Waals surface area (Å²) in [4.78, 5) is 11.2. The van der Waals surface area contributed by atoms with Gasteiger partial charge in [0, 0.05) is 6.54 Å². The molecule has 0 aromatic heterocycles. The van der Waals surface area contributed by atoms with Crippen molar-refractivity contribution in [2.45, 2.75) is 52.1 Å². The van der Waals surface area contributed by atoms with Gasteiger partial charge in [0.25, 0.3) is 0 Å². The van der Waals surface area contributed by atoms with Crippen LogP contribution in [0.15, 0.2) is 0 Å². The molecule has 0 atom stereocenters.